The van der Waals surface area contributed by atoms with E-state index in [1.807, 2.05) is 0 Å². The van der Waals surface area contributed by atoms with Crippen molar-refractivity contribution in [2.45, 2.75) is 31.3 Å². The summed E-state index contributed by atoms with van der Waals surface area (Å²) in [7, 11) is 2.89. The Hall–Kier alpha value is 0.430. The summed E-state index contributed by atoms with van der Waals surface area (Å²) < 4.78 is 0. The predicted octanol–water partition coefficient (Wildman–Crippen LogP) is 2.01. The zero-order chi connectivity index (χ0) is 5.11. The van der Waals surface area contributed by atoms with Crippen LogP contribution >= 0.6 is 9.24 Å². The third-order valence-electron chi connectivity index (χ3n) is 1.48. The topological polar surface area (TPSA) is 0 Å². The van der Waals surface area contributed by atoms with E-state index in [-0.39, 0.29) is 0 Å². The molecule has 41 valence electrons. The molecule has 0 amide bonds. The van der Waals surface area contributed by atoms with Gasteiger partial charge in [-0.3, -0.25) is 0 Å². The summed E-state index contributed by atoms with van der Waals surface area (Å²) in [4.78, 5) is 0. The highest BCUT2D eigenvalue weighted by atomic mass is 31.0. The number of rotatable bonds is 0. The summed E-state index contributed by atoms with van der Waals surface area (Å²) in [6.07, 6.45) is 7.86. The fraction of sp³-hybridized carbons (Fsp3) is 0.833. The van der Waals surface area contributed by atoms with Gasteiger partial charge in [0.1, 0.15) is 0 Å². The van der Waals surface area contributed by atoms with E-state index in [1.165, 1.54) is 25.7 Å². The van der Waals surface area contributed by atoms with E-state index in [2.05, 4.69) is 15.7 Å². The lowest BCUT2D eigenvalue weighted by atomic mass is 10.0. The predicted molar refractivity (Wildman–Crippen MR) is 36.3 cm³/mol. The molecule has 0 bridgehead atoms. The zero-order valence-electron chi connectivity index (χ0n) is 4.56. The standard InChI is InChI=1S/C6H12P/c7-6-4-2-1-3-5-6/h1,6H,2-5,7H2. The Morgan fingerprint density at radius 3 is 2.14 bits per heavy atom. The van der Waals surface area contributed by atoms with Crippen molar-refractivity contribution in [1.29, 1.82) is 0 Å². The van der Waals surface area contributed by atoms with Gasteiger partial charge >= 0.3 is 0 Å². The third-order valence-corrected chi connectivity index (χ3v) is 2.15. The van der Waals surface area contributed by atoms with Crippen molar-refractivity contribution in [3.8, 4) is 0 Å². The van der Waals surface area contributed by atoms with Crippen molar-refractivity contribution >= 4 is 9.24 Å². The number of hydrogen-bond acceptors (Lipinski definition) is 0. The molecule has 0 N–H and O–H groups in total. The maximum atomic E-state index is 2.89. The summed E-state index contributed by atoms with van der Waals surface area (Å²) >= 11 is 0. The summed E-state index contributed by atoms with van der Waals surface area (Å²) in [6, 6.07) is 0. The molecule has 0 aromatic heterocycles. The monoisotopic (exact) mass is 115 g/mol. The summed E-state index contributed by atoms with van der Waals surface area (Å²) in [5, 5.41) is 0. The fourth-order valence-electron chi connectivity index (χ4n) is 0.953. The molecule has 7 heavy (non-hydrogen) atoms. The highest BCUT2D eigenvalue weighted by Gasteiger charge is 2.06. The molecule has 0 aromatic carbocycles. The van der Waals surface area contributed by atoms with Gasteiger partial charge in [-0.25, -0.2) is 0 Å². The SMILES string of the molecule is PC1CC[CH]CC1. The molecule has 0 heterocycles. The largest absolute Gasteiger partial charge is 0.134 e. The van der Waals surface area contributed by atoms with Crippen LogP contribution < -0.4 is 0 Å². The highest BCUT2D eigenvalue weighted by molar-refractivity contribution is 7.17. The molecule has 1 radical (unpaired) electrons. The average molecular weight is 115 g/mol. The molecule has 1 rings (SSSR count). The van der Waals surface area contributed by atoms with E-state index in [1.54, 1.807) is 0 Å². The van der Waals surface area contributed by atoms with Crippen LogP contribution in [0.3, 0.4) is 0 Å². The normalized spacial score (nSPS) is 25.3. The van der Waals surface area contributed by atoms with Crippen LogP contribution in [0.15, 0.2) is 0 Å². The minimum absolute atomic E-state index is 0.921. The Balaban J connectivity index is 2.12. The van der Waals surface area contributed by atoms with E-state index in [0.29, 0.717) is 0 Å². The quantitative estimate of drug-likeness (QED) is 0.423. The van der Waals surface area contributed by atoms with Crippen LogP contribution in [0, 0.1) is 6.42 Å². The van der Waals surface area contributed by atoms with Crippen molar-refractivity contribution in [2.24, 2.45) is 0 Å². The molecule has 0 aromatic rings. The Morgan fingerprint density at radius 2 is 1.86 bits per heavy atom. The van der Waals surface area contributed by atoms with Crippen LogP contribution in [0.25, 0.3) is 0 Å². The lowest BCUT2D eigenvalue weighted by Gasteiger charge is -2.15. The second-order valence-electron chi connectivity index (χ2n) is 2.20. The van der Waals surface area contributed by atoms with Crippen LogP contribution in [-0.2, 0) is 0 Å². The first-order chi connectivity index (χ1) is 3.39. The van der Waals surface area contributed by atoms with Crippen LogP contribution in [0.2, 0.25) is 0 Å². The molecule has 0 aliphatic heterocycles. The third kappa shape index (κ3) is 1.78. The van der Waals surface area contributed by atoms with Gasteiger partial charge in [0, 0.05) is 0 Å². The van der Waals surface area contributed by atoms with Crippen molar-refractivity contribution < 1.29 is 0 Å². The molecule has 1 unspecified atom stereocenters. The summed E-state index contributed by atoms with van der Waals surface area (Å²) in [5.74, 6) is 0. The first-order valence-electron chi connectivity index (χ1n) is 2.97. The van der Waals surface area contributed by atoms with Gasteiger partial charge in [0.15, 0.2) is 0 Å². The Labute approximate surface area is 47.9 Å². The first-order valence-corrected chi connectivity index (χ1v) is 3.63. The average Bonchev–Trinajstić information content (AvgIpc) is 1.69. The van der Waals surface area contributed by atoms with Gasteiger partial charge in [-0.05, 0) is 37.8 Å². The van der Waals surface area contributed by atoms with Gasteiger partial charge < -0.3 is 0 Å². The van der Waals surface area contributed by atoms with Crippen molar-refractivity contribution in [1.82, 2.24) is 0 Å². The van der Waals surface area contributed by atoms with Crippen molar-refractivity contribution in [3.63, 3.8) is 0 Å². The first kappa shape index (κ1) is 5.56. The fourth-order valence-corrected chi connectivity index (χ4v) is 1.34. The molecule has 1 aliphatic carbocycles. The van der Waals surface area contributed by atoms with E-state index < -0.39 is 0 Å². The minimum Gasteiger partial charge on any atom is -0.134 e. The van der Waals surface area contributed by atoms with Crippen LogP contribution in [0.1, 0.15) is 25.7 Å². The lowest BCUT2D eigenvalue weighted by Crippen LogP contribution is -2.03. The Bertz CT molecular complexity index is 46.1. The van der Waals surface area contributed by atoms with Gasteiger partial charge in [-0.1, -0.05) is 0 Å². The molecule has 1 heteroatoms. The molecular formula is C6H12P. The van der Waals surface area contributed by atoms with E-state index in [4.69, 9.17) is 0 Å². The molecular weight excluding hydrogens is 103 g/mol. The second-order valence-corrected chi connectivity index (χ2v) is 3.15. The second kappa shape index (κ2) is 2.67. The van der Waals surface area contributed by atoms with Gasteiger partial charge in [-0.15, -0.1) is 9.24 Å². The van der Waals surface area contributed by atoms with Crippen molar-refractivity contribution in [3.05, 3.63) is 6.42 Å². The van der Waals surface area contributed by atoms with Crippen molar-refractivity contribution in [2.75, 3.05) is 0 Å². The van der Waals surface area contributed by atoms with Gasteiger partial charge in [0.2, 0.25) is 0 Å². The van der Waals surface area contributed by atoms with Gasteiger partial charge in [0.05, 0.1) is 0 Å². The Morgan fingerprint density at radius 1 is 1.29 bits per heavy atom. The van der Waals surface area contributed by atoms with Crippen LogP contribution in [-0.4, -0.2) is 5.66 Å². The molecule has 1 fully saturated rings. The number of hydrogen-bond donors (Lipinski definition) is 0. The zero-order valence-corrected chi connectivity index (χ0v) is 5.72. The molecule has 0 nitrogen and oxygen atoms in total. The van der Waals surface area contributed by atoms with Crippen LogP contribution in [0.4, 0.5) is 0 Å². The molecule has 1 atom stereocenters. The van der Waals surface area contributed by atoms with Gasteiger partial charge in [-0.2, -0.15) is 0 Å². The van der Waals surface area contributed by atoms with E-state index in [9.17, 15) is 0 Å². The molecule has 0 saturated heterocycles. The molecule has 0 spiro atoms. The Kier molecular flexibility index (Phi) is 2.12. The van der Waals surface area contributed by atoms with Crippen LogP contribution in [0.5, 0.6) is 0 Å². The van der Waals surface area contributed by atoms with E-state index in [0.717, 1.165) is 5.66 Å². The maximum absolute atomic E-state index is 2.89. The minimum atomic E-state index is 0.921. The molecule has 1 aliphatic rings. The smallest absolute Gasteiger partial charge is 0.0264 e. The summed E-state index contributed by atoms with van der Waals surface area (Å²) in [5.41, 5.74) is 0.921. The molecule has 1 saturated carbocycles. The summed E-state index contributed by atoms with van der Waals surface area (Å²) in [6.45, 7) is 0. The van der Waals surface area contributed by atoms with Gasteiger partial charge in [0.25, 0.3) is 0 Å². The van der Waals surface area contributed by atoms with E-state index >= 15 is 0 Å². The lowest BCUT2D eigenvalue weighted by molar-refractivity contribution is 0.608. The highest BCUT2D eigenvalue weighted by Crippen LogP contribution is 2.22. The maximum Gasteiger partial charge on any atom is -0.0264 e.